The number of nitrogens with one attached hydrogen (secondary N) is 1. The molecule has 0 saturated heterocycles. The van der Waals surface area contributed by atoms with Gasteiger partial charge in [0.15, 0.2) is 5.13 Å². The lowest BCUT2D eigenvalue weighted by atomic mass is 10.2. The number of rotatable bonds is 6. The van der Waals surface area contributed by atoms with Crippen LogP contribution in [0.25, 0.3) is 0 Å². The summed E-state index contributed by atoms with van der Waals surface area (Å²) in [5, 5.41) is 8.04. The van der Waals surface area contributed by atoms with Gasteiger partial charge < -0.3 is 14.3 Å². The molecule has 0 unspecified atom stereocenters. The van der Waals surface area contributed by atoms with Gasteiger partial charge >= 0.3 is 12.1 Å². The number of nitrogens with zero attached hydrogens (tertiary/aromatic N) is 2. The highest BCUT2D eigenvalue weighted by Crippen LogP contribution is 2.18. The molecule has 2 aromatic rings. The number of hydrogen-bond donors (Lipinski definition) is 1. The maximum Gasteiger partial charge on any atom is 0.413 e. The van der Waals surface area contributed by atoms with Crippen molar-refractivity contribution in [2.75, 3.05) is 12.4 Å². The summed E-state index contributed by atoms with van der Waals surface area (Å²) in [4.78, 5) is 33.1. The van der Waals surface area contributed by atoms with Crippen LogP contribution in [0.2, 0.25) is 0 Å². The standard InChI is InChI=1S/C18H21N3O5S/c1-18(2,3)26-17(23)20-16-19-13(11-27-16)14(21-24-4)15(22)25-10-12-8-6-5-7-9-12/h5-9,11H,10H2,1-4H3,(H,19,20,23). The van der Waals surface area contributed by atoms with Crippen LogP contribution in [0.4, 0.5) is 9.93 Å². The molecule has 27 heavy (non-hydrogen) atoms. The topological polar surface area (TPSA) is 99.1 Å². The molecule has 0 saturated carbocycles. The Labute approximate surface area is 161 Å². The predicted molar refractivity (Wildman–Crippen MR) is 102 cm³/mol. The number of esters is 1. The molecule has 1 N–H and O–H groups in total. The van der Waals surface area contributed by atoms with Gasteiger partial charge in [0.2, 0.25) is 5.71 Å². The third kappa shape index (κ3) is 6.70. The van der Waals surface area contributed by atoms with E-state index in [9.17, 15) is 9.59 Å². The second-order valence-electron chi connectivity index (χ2n) is 6.35. The van der Waals surface area contributed by atoms with E-state index in [1.54, 1.807) is 26.2 Å². The van der Waals surface area contributed by atoms with E-state index in [4.69, 9.17) is 14.3 Å². The van der Waals surface area contributed by atoms with Crippen LogP contribution >= 0.6 is 11.3 Å². The maximum atomic E-state index is 12.3. The zero-order valence-electron chi connectivity index (χ0n) is 15.5. The fraction of sp³-hybridized carbons (Fsp3) is 0.333. The van der Waals surface area contributed by atoms with Crippen LogP contribution in [-0.2, 0) is 25.7 Å². The van der Waals surface area contributed by atoms with Crippen molar-refractivity contribution in [2.45, 2.75) is 33.0 Å². The van der Waals surface area contributed by atoms with E-state index in [0.717, 1.165) is 16.9 Å². The molecule has 0 aliphatic carbocycles. The quantitative estimate of drug-likeness (QED) is 0.459. The molecular formula is C18H21N3O5S. The van der Waals surface area contributed by atoms with Gasteiger partial charge in [0, 0.05) is 5.38 Å². The molecule has 144 valence electrons. The number of ether oxygens (including phenoxy) is 2. The Balaban J connectivity index is 2.04. The zero-order valence-corrected chi connectivity index (χ0v) is 16.3. The molecule has 0 radical (unpaired) electrons. The lowest BCUT2D eigenvalue weighted by Gasteiger charge is -2.18. The maximum absolute atomic E-state index is 12.3. The second kappa shape index (κ2) is 9.13. The number of benzene rings is 1. The third-order valence-electron chi connectivity index (χ3n) is 2.94. The largest absolute Gasteiger partial charge is 0.456 e. The van der Waals surface area contributed by atoms with E-state index in [-0.39, 0.29) is 23.1 Å². The highest BCUT2D eigenvalue weighted by Gasteiger charge is 2.22. The molecule has 1 amide bonds. The van der Waals surface area contributed by atoms with Gasteiger partial charge in [-0.3, -0.25) is 5.32 Å². The van der Waals surface area contributed by atoms with Crippen molar-refractivity contribution in [1.82, 2.24) is 4.98 Å². The normalized spacial score (nSPS) is 11.6. The molecule has 8 nitrogen and oxygen atoms in total. The molecule has 1 aromatic carbocycles. The molecule has 9 heteroatoms. The monoisotopic (exact) mass is 391 g/mol. The number of amides is 1. The van der Waals surface area contributed by atoms with Gasteiger partial charge in [-0.05, 0) is 26.3 Å². The predicted octanol–water partition coefficient (Wildman–Crippen LogP) is 3.58. The van der Waals surface area contributed by atoms with E-state index in [0.29, 0.717) is 0 Å². The highest BCUT2D eigenvalue weighted by atomic mass is 32.1. The molecule has 0 atom stereocenters. The van der Waals surface area contributed by atoms with Crippen molar-refractivity contribution in [3.8, 4) is 0 Å². The number of hydrogen-bond acceptors (Lipinski definition) is 8. The van der Waals surface area contributed by atoms with Crippen molar-refractivity contribution in [3.05, 3.63) is 47.0 Å². The van der Waals surface area contributed by atoms with Gasteiger partial charge in [0.05, 0.1) is 0 Å². The van der Waals surface area contributed by atoms with Gasteiger partial charge in [-0.15, -0.1) is 11.3 Å². The molecule has 0 aliphatic rings. The van der Waals surface area contributed by atoms with Crippen LogP contribution < -0.4 is 5.32 Å². The number of anilines is 1. The molecule has 1 heterocycles. The third-order valence-corrected chi connectivity index (χ3v) is 3.70. The van der Waals surface area contributed by atoms with Gasteiger partial charge in [-0.25, -0.2) is 14.6 Å². The van der Waals surface area contributed by atoms with Crippen molar-refractivity contribution < 1.29 is 23.9 Å². The Bertz CT molecular complexity index is 812. The minimum atomic E-state index is -0.685. The first-order chi connectivity index (χ1) is 12.8. The Morgan fingerprint density at radius 1 is 1.22 bits per heavy atom. The van der Waals surface area contributed by atoms with Gasteiger partial charge in [-0.1, -0.05) is 35.5 Å². The van der Waals surface area contributed by atoms with Crippen molar-refractivity contribution in [3.63, 3.8) is 0 Å². The molecular weight excluding hydrogens is 370 g/mol. The van der Waals surface area contributed by atoms with E-state index < -0.39 is 17.7 Å². The summed E-state index contributed by atoms with van der Waals surface area (Å²) >= 11 is 1.12. The number of aromatic nitrogens is 1. The average molecular weight is 391 g/mol. The second-order valence-corrected chi connectivity index (χ2v) is 7.21. The number of thiazole rings is 1. The van der Waals surface area contributed by atoms with Crippen LogP contribution in [0.3, 0.4) is 0 Å². The summed E-state index contributed by atoms with van der Waals surface area (Å²) in [5.41, 5.74) is 0.342. The van der Waals surface area contributed by atoms with Crippen LogP contribution in [0.5, 0.6) is 0 Å². The Morgan fingerprint density at radius 2 is 1.93 bits per heavy atom. The van der Waals surface area contributed by atoms with Crippen LogP contribution in [-0.4, -0.2) is 35.5 Å². The molecule has 0 fully saturated rings. The number of oxime groups is 1. The summed E-state index contributed by atoms with van der Waals surface area (Å²) in [6.45, 7) is 5.36. The van der Waals surface area contributed by atoms with Crippen LogP contribution in [0.15, 0.2) is 40.9 Å². The minimum Gasteiger partial charge on any atom is -0.456 e. The van der Waals surface area contributed by atoms with Gasteiger partial charge in [-0.2, -0.15) is 0 Å². The summed E-state index contributed by atoms with van der Waals surface area (Å²) in [7, 11) is 1.32. The lowest BCUT2D eigenvalue weighted by molar-refractivity contribution is -0.136. The first-order valence-corrected chi connectivity index (χ1v) is 8.94. The number of carbonyl (C=O) groups is 2. The average Bonchev–Trinajstić information content (AvgIpc) is 3.04. The molecule has 0 spiro atoms. The first-order valence-electron chi connectivity index (χ1n) is 8.06. The summed E-state index contributed by atoms with van der Waals surface area (Å²) in [6.07, 6.45) is -0.639. The summed E-state index contributed by atoms with van der Waals surface area (Å²) in [5.74, 6) is -0.685. The Kier molecular flexibility index (Phi) is 6.89. The summed E-state index contributed by atoms with van der Waals surface area (Å²) in [6, 6.07) is 9.25. The molecule has 0 aliphatic heterocycles. The van der Waals surface area contributed by atoms with Crippen LogP contribution in [0.1, 0.15) is 32.0 Å². The minimum absolute atomic E-state index is 0.0928. The van der Waals surface area contributed by atoms with Crippen molar-refractivity contribution >= 4 is 34.2 Å². The zero-order chi connectivity index (χ0) is 19.9. The first kappa shape index (κ1) is 20.4. The molecule has 2 rings (SSSR count). The van der Waals surface area contributed by atoms with Gasteiger partial charge in [0.25, 0.3) is 0 Å². The van der Waals surface area contributed by atoms with Gasteiger partial charge in [0.1, 0.15) is 25.0 Å². The van der Waals surface area contributed by atoms with Crippen molar-refractivity contribution in [2.24, 2.45) is 5.16 Å². The van der Waals surface area contributed by atoms with E-state index in [1.165, 1.54) is 7.11 Å². The number of carbonyl (C=O) groups excluding carboxylic acids is 2. The fourth-order valence-electron chi connectivity index (χ4n) is 1.90. The van der Waals surface area contributed by atoms with Crippen LogP contribution in [0, 0.1) is 0 Å². The Hall–Kier alpha value is -2.94. The summed E-state index contributed by atoms with van der Waals surface area (Å²) < 4.78 is 10.4. The van der Waals surface area contributed by atoms with E-state index in [1.807, 2.05) is 30.3 Å². The lowest BCUT2D eigenvalue weighted by Crippen LogP contribution is -2.27. The van der Waals surface area contributed by atoms with Crippen molar-refractivity contribution in [1.29, 1.82) is 0 Å². The van der Waals surface area contributed by atoms with E-state index >= 15 is 0 Å². The fourth-order valence-corrected chi connectivity index (χ4v) is 2.58. The highest BCUT2D eigenvalue weighted by molar-refractivity contribution is 7.14. The Morgan fingerprint density at radius 3 is 2.56 bits per heavy atom. The molecule has 0 bridgehead atoms. The van der Waals surface area contributed by atoms with E-state index in [2.05, 4.69) is 15.5 Å². The smallest absolute Gasteiger partial charge is 0.413 e. The molecule has 1 aromatic heterocycles. The SMILES string of the molecule is CON=C(C(=O)OCc1ccccc1)c1csc(NC(=O)OC(C)(C)C)n1.